The lowest BCUT2D eigenvalue weighted by atomic mass is 9.67. The molecule has 2 aliphatic rings. The molecule has 2 N–H and O–H groups in total. The molecule has 2 fully saturated rings. The fraction of sp³-hybridized carbons (Fsp3) is 1.00. The zero-order chi connectivity index (χ0) is 10.4. The summed E-state index contributed by atoms with van der Waals surface area (Å²) in [5.41, 5.74) is 6.53. The first-order chi connectivity index (χ1) is 6.49. The van der Waals surface area contributed by atoms with Crippen molar-refractivity contribution in [3.05, 3.63) is 0 Å². The third-order valence-electron chi connectivity index (χ3n) is 3.99. The van der Waals surface area contributed by atoms with E-state index >= 15 is 0 Å². The second-order valence-corrected chi connectivity index (χ2v) is 5.76. The average Bonchev–Trinajstić information content (AvgIpc) is 1.98. The number of nitrogens with two attached hydrogens (primary N) is 1. The molecule has 0 bridgehead atoms. The minimum absolute atomic E-state index is 0.154. The molecule has 1 saturated heterocycles. The maximum atomic E-state index is 5.83. The van der Waals surface area contributed by atoms with E-state index in [1.54, 1.807) is 0 Å². The largest absolute Gasteiger partial charge is 0.377 e. The second-order valence-electron chi connectivity index (χ2n) is 5.76. The Labute approximate surface area is 86.6 Å². The molecule has 1 heterocycles. The first kappa shape index (κ1) is 10.4. The Morgan fingerprint density at radius 3 is 2.21 bits per heavy atom. The van der Waals surface area contributed by atoms with Gasteiger partial charge in [-0.25, -0.2) is 0 Å². The summed E-state index contributed by atoms with van der Waals surface area (Å²) in [7, 11) is 2.20. The third-order valence-corrected chi connectivity index (χ3v) is 3.99. The number of hydrogen-bond donors (Lipinski definition) is 1. The van der Waals surface area contributed by atoms with Crippen molar-refractivity contribution in [1.82, 2.24) is 4.90 Å². The van der Waals surface area contributed by atoms with Crippen molar-refractivity contribution >= 4 is 0 Å². The van der Waals surface area contributed by atoms with Crippen LogP contribution in [0.25, 0.3) is 0 Å². The minimum Gasteiger partial charge on any atom is -0.377 e. The Kier molecular flexibility index (Phi) is 2.37. The maximum Gasteiger partial charge on any atom is 0.0802 e. The molecule has 14 heavy (non-hydrogen) atoms. The zero-order valence-electron chi connectivity index (χ0n) is 9.55. The zero-order valence-corrected chi connectivity index (χ0v) is 9.55. The molecule has 0 atom stereocenters. The van der Waals surface area contributed by atoms with Crippen LogP contribution in [0.15, 0.2) is 0 Å². The van der Waals surface area contributed by atoms with Gasteiger partial charge in [-0.15, -0.1) is 0 Å². The quantitative estimate of drug-likeness (QED) is 0.730. The molecule has 0 spiro atoms. The number of nitrogens with zero attached hydrogens (tertiary/aromatic N) is 1. The lowest BCUT2D eigenvalue weighted by Crippen LogP contribution is -2.69. The van der Waals surface area contributed by atoms with E-state index in [0.29, 0.717) is 5.41 Å². The van der Waals surface area contributed by atoms with Crippen molar-refractivity contribution < 1.29 is 4.74 Å². The molecular formula is C11H22N2O. The fourth-order valence-corrected chi connectivity index (χ4v) is 2.68. The highest BCUT2D eigenvalue weighted by Gasteiger charge is 2.48. The molecule has 3 heteroatoms. The molecule has 3 nitrogen and oxygen atoms in total. The van der Waals surface area contributed by atoms with Crippen LogP contribution in [0, 0.1) is 5.41 Å². The minimum atomic E-state index is 0.154. The average molecular weight is 198 g/mol. The Hall–Kier alpha value is -0.120. The van der Waals surface area contributed by atoms with Gasteiger partial charge in [-0.1, -0.05) is 13.8 Å². The first-order valence-corrected chi connectivity index (χ1v) is 5.50. The van der Waals surface area contributed by atoms with Gasteiger partial charge in [-0.3, -0.25) is 4.90 Å². The smallest absolute Gasteiger partial charge is 0.0802 e. The molecule has 0 unspecified atom stereocenters. The van der Waals surface area contributed by atoms with E-state index in [0.717, 1.165) is 25.8 Å². The van der Waals surface area contributed by atoms with Gasteiger partial charge >= 0.3 is 0 Å². The summed E-state index contributed by atoms with van der Waals surface area (Å²) in [6.45, 7) is 7.03. The van der Waals surface area contributed by atoms with Gasteiger partial charge in [0.2, 0.25) is 0 Å². The van der Waals surface area contributed by atoms with E-state index in [-0.39, 0.29) is 5.54 Å². The predicted molar refractivity (Wildman–Crippen MR) is 57.2 cm³/mol. The summed E-state index contributed by atoms with van der Waals surface area (Å²) in [5.74, 6) is 0. The van der Waals surface area contributed by atoms with Crippen LogP contribution < -0.4 is 5.73 Å². The third kappa shape index (κ3) is 1.47. The van der Waals surface area contributed by atoms with E-state index in [2.05, 4.69) is 25.8 Å². The molecule has 0 amide bonds. The number of likely N-dealkylation sites (N-methyl/N-ethyl adjacent to an activating group) is 1. The van der Waals surface area contributed by atoms with Gasteiger partial charge in [0.15, 0.2) is 0 Å². The highest BCUT2D eigenvalue weighted by atomic mass is 16.5. The van der Waals surface area contributed by atoms with Gasteiger partial charge in [0.25, 0.3) is 0 Å². The topological polar surface area (TPSA) is 38.5 Å². The first-order valence-electron chi connectivity index (χ1n) is 5.50. The van der Waals surface area contributed by atoms with Crippen molar-refractivity contribution in [3.63, 3.8) is 0 Å². The Bertz CT molecular complexity index is 210. The van der Waals surface area contributed by atoms with Crippen molar-refractivity contribution in [2.45, 2.75) is 38.3 Å². The van der Waals surface area contributed by atoms with Crippen molar-refractivity contribution in [2.75, 3.05) is 26.8 Å². The molecule has 0 aromatic carbocycles. The van der Waals surface area contributed by atoms with E-state index in [1.165, 1.54) is 12.8 Å². The molecule has 0 aromatic rings. The number of rotatable bonds is 3. The van der Waals surface area contributed by atoms with E-state index in [1.807, 2.05) is 0 Å². The Morgan fingerprint density at radius 1 is 1.36 bits per heavy atom. The standard InChI is InChI=1S/C11H22N2O/c1-10(2)4-9(5-10)13(3)11(6-12)7-14-8-11/h9H,4-8,12H2,1-3H3. The second kappa shape index (κ2) is 3.19. The van der Waals surface area contributed by atoms with Crippen molar-refractivity contribution in [2.24, 2.45) is 11.1 Å². The van der Waals surface area contributed by atoms with Gasteiger partial charge in [-0.2, -0.15) is 0 Å². The monoisotopic (exact) mass is 198 g/mol. The molecule has 2 rings (SSSR count). The maximum absolute atomic E-state index is 5.83. The normalized spacial score (nSPS) is 29.8. The van der Waals surface area contributed by atoms with Crippen molar-refractivity contribution in [1.29, 1.82) is 0 Å². The van der Waals surface area contributed by atoms with Crippen LogP contribution in [-0.2, 0) is 4.74 Å². The lowest BCUT2D eigenvalue weighted by molar-refractivity contribution is -0.159. The summed E-state index contributed by atoms with van der Waals surface area (Å²) >= 11 is 0. The van der Waals surface area contributed by atoms with Gasteiger partial charge in [0, 0.05) is 12.6 Å². The highest BCUT2D eigenvalue weighted by Crippen LogP contribution is 2.44. The Balaban J connectivity index is 1.92. The van der Waals surface area contributed by atoms with Crippen LogP contribution in [0.3, 0.4) is 0 Å². The Morgan fingerprint density at radius 2 is 1.93 bits per heavy atom. The fourth-order valence-electron chi connectivity index (χ4n) is 2.68. The molecule has 0 radical (unpaired) electrons. The molecule has 0 aromatic heterocycles. The highest BCUT2D eigenvalue weighted by molar-refractivity contribution is 5.03. The van der Waals surface area contributed by atoms with Crippen LogP contribution in [0.4, 0.5) is 0 Å². The van der Waals surface area contributed by atoms with Crippen LogP contribution in [-0.4, -0.2) is 43.3 Å². The van der Waals surface area contributed by atoms with E-state index in [9.17, 15) is 0 Å². The SMILES string of the molecule is CN(C1CC(C)(C)C1)C1(CN)COC1. The van der Waals surface area contributed by atoms with E-state index < -0.39 is 0 Å². The molecular weight excluding hydrogens is 176 g/mol. The predicted octanol–water partition coefficient (Wildman–Crippen LogP) is 0.834. The van der Waals surface area contributed by atoms with Crippen LogP contribution in [0.2, 0.25) is 0 Å². The van der Waals surface area contributed by atoms with Gasteiger partial charge < -0.3 is 10.5 Å². The van der Waals surface area contributed by atoms with Gasteiger partial charge in [0.05, 0.1) is 18.8 Å². The van der Waals surface area contributed by atoms with Crippen LogP contribution in [0.5, 0.6) is 0 Å². The molecule has 1 aliphatic heterocycles. The molecule has 1 aliphatic carbocycles. The lowest BCUT2D eigenvalue weighted by Gasteiger charge is -2.56. The van der Waals surface area contributed by atoms with Crippen LogP contribution >= 0.6 is 0 Å². The van der Waals surface area contributed by atoms with Crippen molar-refractivity contribution in [3.8, 4) is 0 Å². The van der Waals surface area contributed by atoms with E-state index in [4.69, 9.17) is 10.5 Å². The summed E-state index contributed by atoms with van der Waals surface area (Å²) in [6, 6.07) is 0.720. The summed E-state index contributed by atoms with van der Waals surface area (Å²) in [6.07, 6.45) is 2.59. The number of hydrogen-bond acceptors (Lipinski definition) is 3. The van der Waals surface area contributed by atoms with Gasteiger partial charge in [-0.05, 0) is 25.3 Å². The summed E-state index contributed by atoms with van der Waals surface area (Å²) in [5, 5.41) is 0. The summed E-state index contributed by atoms with van der Waals surface area (Å²) < 4.78 is 5.30. The van der Waals surface area contributed by atoms with Crippen LogP contribution in [0.1, 0.15) is 26.7 Å². The molecule has 1 saturated carbocycles. The van der Waals surface area contributed by atoms with Gasteiger partial charge in [0.1, 0.15) is 0 Å². The number of ether oxygens (including phenoxy) is 1. The molecule has 82 valence electrons. The summed E-state index contributed by atoms with van der Waals surface area (Å²) in [4.78, 5) is 2.46.